The minimum atomic E-state index is -0.955. The number of carbonyl (C=O) groups is 2. The first kappa shape index (κ1) is 15.3. The highest BCUT2D eigenvalue weighted by molar-refractivity contribution is 5.87. The summed E-state index contributed by atoms with van der Waals surface area (Å²) >= 11 is 0. The summed E-state index contributed by atoms with van der Waals surface area (Å²) in [6, 6.07) is 3.60. The number of nitrogens with one attached hydrogen (secondary N) is 1. The van der Waals surface area contributed by atoms with Gasteiger partial charge in [-0.15, -0.1) is 0 Å². The van der Waals surface area contributed by atoms with E-state index in [4.69, 9.17) is 9.15 Å². The molecule has 1 heterocycles. The van der Waals surface area contributed by atoms with Crippen LogP contribution >= 0.6 is 0 Å². The Morgan fingerprint density at radius 3 is 2.74 bits per heavy atom. The van der Waals surface area contributed by atoms with E-state index < -0.39 is 11.5 Å². The number of hydrogen-bond acceptors (Lipinski definition) is 4. The maximum atomic E-state index is 11.9. The van der Waals surface area contributed by atoms with Crippen LogP contribution in [0.2, 0.25) is 0 Å². The molecule has 1 amide bonds. The molecule has 0 aliphatic heterocycles. The van der Waals surface area contributed by atoms with Crippen molar-refractivity contribution < 1.29 is 18.7 Å². The molecule has 0 aliphatic carbocycles. The minimum absolute atomic E-state index is 0.183. The maximum absolute atomic E-state index is 11.9. The van der Waals surface area contributed by atoms with E-state index in [0.717, 1.165) is 12.2 Å². The molecule has 0 aliphatic rings. The highest BCUT2D eigenvalue weighted by atomic mass is 16.5. The summed E-state index contributed by atoms with van der Waals surface area (Å²) in [5.74, 6) is 0.156. The molecule has 1 unspecified atom stereocenters. The molecule has 1 N–H and O–H groups in total. The number of ether oxygens (including phenoxy) is 1. The third-order valence-electron chi connectivity index (χ3n) is 2.98. The van der Waals surface area contributed by atoms with E-state index in [1.54, 1.807) is 19.3 Å². The second-order valence-corrected chi connectivity index (χ2v) is 4.70. The Bertz CT molecular complexity index is 413. The summed E-state index contributed by atoms with van der Waals surface area (Å²) in [6.07, 6.45) is 3.70. The molecule has 0 saturated heterocycles. The Morgan fingerprint density at radius 2 is 2.21 bits per heavy atom. The van der Waals surface area contributed by atoms with Gasteiger partial charge in [0.25, 0.3) is 0 Å². The zero-order valence-electron chi connectivity index (χ0n) is 11.7. The number of esters is 1. The van der Waals surface area contributed by atoms with Gasteiger partial charge in [-0.25, -0.2) is 4.79 Å². The van der Waals surface area contributed by atoms with Gasteiger partial charge in [-0.2, -0.15) is 0 Å². The topological polar surface area (TPSA) is 68.5 Å². The lowest BCUT2D eigenvalue weighted by Gasteiger charge is -2.27. The van der Waals surface area contributed by atoms with Crippen LogP contribution in [0.5, 0.6) is 0 Å². The summed E-state index contributed by atoms with van der Waals surface area (Å²) in [5.41, 5.74) is -0.955. The fourth-order valence-corrected chi connectivity index (χ4v) is 2.00. The van der Waals surface area contributed by atoms with E-state index in [-0.39, 0.29) is 12.3 Å². The minimum Gasteiger partial charge on any atom is -0.469 e. The second-order valence-electron chi connectivity index (χ2n) is 4.70. The summed E-state index contributed by atoms with van der Waals surface area (Å²) in [6.45, 7) is 3.64. The zero-order chi connectivity index (χ0) is 14.3. The quantitative estimate of drug-likeness (QED) is 0.768. The molecular formula is C14H21NO4. The van der Waals surface area contributed by atoms with Gasteiger partial charge < -0.3 is 14.5 Å². The normalized spacial score (nSPS) is 13.6. The zero-order valence-corrected chi connectivity index (χ0v) is 11.7. The van der Waals surface area contributed by atoms with Gasteiger partial charge in [0.2, 0.25) is 5.91 Å². The molecule has 0 saturated carbocycles. The number of carbonyl (C=O) groups excluding carboxylic acids is 2. The van der Waals surface area contributed by atoms with E-state index in [2.05, 4.69) is 5.32 Å². The van der Waals surface area contributed by atoms with Crippen LogP contribution in [-0.2, 0) is 20.7 Å². The van der Waals surface area contributed by atoms with E-state index >= 15 is 0 Å². The molecule has 0 spiro atoms. The highest BCUT2D eigenvalue weighted by Gasteiger charge is 2.34. The molecule has 106 valence electrons. The van der Waals surface area contributed by atoms with Crippen LogP contribution in [-0.4, -0.2) is 24.5 Å². The van der Waals surface area contributed by atoms with Gasteiger partial charge in [-0.05, 0) is 25.5 Å². The van der Waals surface area contributed by atoms with Gasteiger partial charge in [0, 0.05) is 12.8 Å². The molecule has 1 aromatic rings. The van der Waals surface area contributed by atoms with Gasteiger partial charge in [-0.3, -0.25) is 4.79 Å². The molecule has 19 heavy (non-hydrogen) atoms. The molecule has 1 aromatic heterocycles. The largest absolute Gasteiger partial charge is 0.469 e. The van der Waals surface area contributed by atoms with Gasteiger partial charge >= 0.3 is 5.97 Å². The first-order valence-electron chi connectivity index (χ1n) is 6.43. The summed E-state index contributed by atoms with van der Waals surface area (Å²) in [7, 11) is 1.32. The number of furan rings is 1. The Hall–Kier alpha value is -1.78. The Morgan fingerprint density at radius 1 is 1.47 bits per heavy atom. The van der Waals surface area contributed by atoms with E-state index in [1.807, 2.05) is 13.0 Å². The molecule has 1 rings (SSSR count). The average molecular weight is 267 g/mol. The number of aryl methyl sites for hydroxylation is 1. The molecule has 0 fully saturated rings. The summed E-state index contributed by atoms with van der Waals surface area (Å²) in [4.78, 5) is 23.6. The fraction of sp³-hybridized carbons (Fsp3) is 0.571. The Balaban J connectivity index is 2.53. The fourth-order valence-electron chi connectivity index (χ4n) is 2.00. The van der Waals surface area contributed by atoms with Crippen LogP contribution in [0, 0.1) is 0 Å². The van der Waals surface area contributed by atoms with Crippen LogP contribution in [0.25, 0.3) is 0 Å². The van der Waals surface area contributed by atoms with Crippen molar-refractivity contribution in [2.24, 2.45) is 0 Å². The molecular weight excluding hydrogens is 246 g/mol. The molecule has 0 bridgehead atoms. The molecule has 5 nitrogen and oxygen atoms in total. The van der Waals surface area contributed by atoms with Crippen molar-refractivity contribution in [1.29, 1.82) is 0 Å². The van der Waals surface area contributed by atoms with Crippen LogP contribution in [0.4, 0.5) is 0 Å². The molecule has 1 atom stereocenters. The molecule has 5 heteroatoms. The molecule has 0 aromatic carbocycles. The predicted octanol–water partition coefficient (Wildman–Crippen LogP) is 2.06. The van der Waals surface area contributed by atoms with E-state index in [0.29, 0.717) is 12.8 Å². The number of hydrogen-bond donors (Lipinski definition) is 1. The monoisotopic (exact) mass is 267 g/mol. The maximum Gasteiger partial charge on any atom is 0.331 e. The third-order valence-corrected chi connectivity index (χ3v) is 2.98. The van der Waals surface area contributed by atoms with Crippen LogP contribution in [0.1, 0.15) is 38.9 Å². The predicted molar refractivity (Wildman–Crippen MR) is 70.5 cm³/mol. The van der Waals surface area contributed by atoms with Crippen LogP contribution in [0.3, 0.4) is 0 Å². The average Bonchev–Trinajstić information content (AvgIpc) is 2.88. The Labute approximate surface area is 113 Å². The van der Waals surface area contributed by atoms with Crippen molar-refractivity contribution in [3.8, 4) is 0 Å². The van der Waals surface area contributed by atoms with Crippen molar-refractivity contribution >= 4 is 11.9 Å². The smallest absolute Gasteiger partial charge is 0.331 e. The third kappa shape index (κ3) is 4.43. The van der Waals surface area contributed by atoms with Crippen molar-refractivity contribution in [2.75, 3.05) is 7.11 Å². The van der Waals surface area contributed by atoms with Crippen molar-refractivity contribution in [3.05, 3.63) is 24.2 Å². The lowest BCUT2D eigenvalue weighted by Crippen LogP contribution is -2.52. The summed E-state index contributed by atoms with van der Waals surface area (Å²) in [5, 5.41) is 2.75. The first-order valence-corrected chi connectivity index (χ1v) is 6.43. The van der Waals surface area contributed by atoms with Crippen molar-refractivity contribution in [2.45, 2.75) is 45.1 Å². The van der Waals surface area contributed by atoms with Gasteiger partial charge in [0.1, 0.15) is 11.3 Å². The lowest BCUT2D eigenvalue weighted by molar-refractivity contribution is -0.150. The van der Waals surface area contributed by atoms with Gasteiger partial charge in [0.05, 0.1) is 13.4 Å². The standard InChI is InChI=1S/C14H21NO4/c1-4-9-14(2,13(17)18-3)15-12(16)8-7-11-6-5-10-19-11/h5-6,10H,4,7-9H2,1-3H3,(H,15,16). The van der Waals surface area contributed by atoms with Gasteiger partial charge in [-0.1, -0.05) is 13.3 Å². The number of methoxy groups -OCH3 is 1. The number of amides is 1. The van der Waals surface area contributed by atoms with Crippen molar-refractivity contribution in [1.82, 2.24) is 5.32 Å². The first-order chi connectivity index (χ1) is 9.01. The van der Waals surface area contributed by atoms with E-state index in [1.165, 1.54) is 7.11 Å². The van der Waals surface area contributed by atoms with Gasteiger partial charge in [0.15, 0.2) is 0 Å². The van der Waals surface area contributed by atoms with Crippen molar-refractivity contribution in [3.63, 3.8) is 0 Å². The number of rotatable bonds is 7. The SMILES string of the molecule is CCCC(C)(NC(=O)CCc1ccco1)C(=O)OC. The lowest BCUT2D eigenvalue weighted by atomic mass is 9.96. The van der Waals surface area contributed by atoms with E-state index in [9.17, 15) is 9.59 Å². The highest BCUT2D eigenvalue weighted by Crippen LogP contribution is 2.15. The Kier molecular flexibility index (Phi) is 5.60. The summed E-state index contributed by atoms with van der Waals surface area (Å²) < 4.78 is 9.91. The second kappa shape index (κ2) is 6.97. The van der Waals surface area contributed by atoms with Crippen LogP contribution in [0.15, 0.2) is 22.8 Å². The van der Waals surface area contributed by atoms with Crippen LogP contribution < -0.4 is 5.32 Å². The molecule has 0 radical (unpaired) electrons.